The number of halogens is 1. The van der Waals surface area contributed by atoms with Crippen LogP contribution in [0.3, 0.4) is 0 Å². The van der Waals surface area contributed by atoms with Crippen molar-refractivity contribution in [3.63, 3.8) is 0 Å². The average molecular weight is 266 g/mol. The van der Waals surface area contributed by atoms with Gasteiger partial charge in [0.2, 0.25) is 0 Å². The number of nitrogens with one attached hydrogen (secondary N) is 1. The molecule has 0 saturated heterocycles. The molecule has 0 atom stereocenters. The summed E-state index contributed by atoms with van der Waals surface area (Å²) in [4.78, 5) is 0. The van der Waals surface area contributed by atoms with Crippen LogP contribution >= 0.6 is 27.7 Å². The molecule has 0 aromatic carbocycles. The van der Waals surface area contributed by atoms with Crippen LogP contribution in [0.4, 0.5) is 0 Å². The van der Waals surface area contributed by atoms with Crippen molar-refractivity contribution in [1.29, 1.82) is 0 Å². The van der Waals surface area contributed by atoms with E-state index in [1.165, 1.54) is 31.4 Å². The number of hydrogen-bond acceptors (Lipinski definition) is 2. The summed E-state index contributed by atoms with van der Waals surface area (Å²) in [6.07, 6.45) is 7.55. The topological polar surface area (TPSA) is 12.0 Å². The Kier molecular flexibility index (Phi) is 11.0. The Hall–Kier alpha value is 0.530. The third-order valence-corrected chi connectivity index (χ3v) is 2.75. The Morgan fingerprint density at radius 1 is 1.31 bits per heavy atom. The van der Waals surface area contributed by atoms with Gasteiger partial charge in [-0.2, -0.15) is 11.8 Å². The van der Waals surface area contributed by atoms with Gasteiger partial charge in [0.25, 0.3) is 0 Å². The van der Waals surface area contributed by atoms with E-state index in [0.29, 0.717) is 0 Å². The molecule has 78 valence electrons. The summed E-state index contributed by atoms with van der Waals surface area (Å²) in [5.74, 6) is 1.31. The highest BCUT2D eigenvalue weighted by atomic mass is 79.9. The fourth-order valence-electron chi connectivity index (χ4n) is 1.07. The van der Waals surface area contributed by atoms with Gasteiger partial charge < -0.3 is 5.32 Å². The Balaban J connectivity index is 2.87. The van der Waals surface area contributed by atoms with Crippen molar-refractivity contribution in [2.24, 2.45) is 0 Å². The van der Waals surface area contributed by atoms with Crippen molar-refractivity contribution >= 4 is 27.7 Å². The van der Waals surface area contributed by atoms with Gasteiger partial charge in [-0.15, -0.1) is 0 Å². The van der Waals surface area contributed by atoms with Gasteiger partial charge in [-0.1, -0.05) is 35.4 Å². The summed E-state index contributed by atoms with van der Waals surface area (Å²) >= 11 is 5.26. The van der Waals surface area contributed by atoms with Gasteiger partial charge in [-0.05, 0) is 31.4 Å². The molecule has 0 rings (SSSR count). The summed E-state index contributed by atoms with van der Waals surface area (Å²) in [5, 5.41) is 3.32. The van der Waals surface area contributed by atoms with Gasteiger partial charge in [0.1, 0.15) is 0 Å². The number of hydrogen-bond donors (Lipinski definition) is 1. The Labute approximate surface area is 94.9 Å². The first kappa shape index (κ1) is 13.5. The van der Waals surface area contributed by atoms with E-state index in [9.17, 15) is 0 Å². The molecule has 0 amide bonds. The fraction of sp³-hybridized carbons (Fsp3) is 0.800. The van der Waals surface area contributed by atoms with E-state index in [-0.39, 0.29) is 0 Å². The van der Waals surface area contributed by atoms with Crippen LogP contribution < -0.4 is 5.32 Å². The maximum absolute atomic E-state index is 3.76. The van der Waals surface area contributed by atoms with E-state index in [4.69, 9.17) is 0 Å². The highest BCUT2D eigenvalue weighted by Crippen LogP contribution is 2.04. The lowest BCUT2D eigenvalue weighted by molar-refractivity contribution is 0.622. The monoisotopic (exact) mass is 265 g/mol. The Morgan fingerprint density at radius 2 is 2.00 bits per heavy atom. The zero-order chi connectivity index (χ0) is 9.94. The number of thioether (sulfide) groups is 1. The van der Waals surface area contributed by atoms with Crippen LogP contribution in [0.25, 0.3) is 0 Å². The molecule has 0 aromatic heterocycles. The molecule has 13 heavy (non-hydrogen) atoms. The van der Waals surface area contributed by atoms with E-state index >= 15 is 0 Å². The minimum atomic E-state index is 0.894. The number of rotatable bonds is 9. The van der Waals surface area contributed by atoms with Gasteiger partial charge in [-0.3, -0.25) is 0 Å². The van der Waals surface area contributed by atoms with Crippen molar-refractivity contribution in [3.05, 3.63) is 11.1 Å². The Morgan fingerprint density at radius 3 is 2.62 bits per heavy atom. The summed E-state index contributed by atoms with van der Waals surface area (Å²) in [6.45, 7) is 5.77. The lowest BCUT2D eigenvalue weighted by Gasteiger charge is -2.02. The molecule has 1 N–H and O–H groups in total. The molecule has 0 spiro atoms. The second kappa shape index (κ2) is 10.6. The van der Waals surface area contributed by atoms with Crippen LogP contribution in [0.5, 0.6) is 0 Å². The van der Waals surface area contributed by atoms with Crippen LogP contribution in [0.15, 0.2) is 11.1 Å². The number of unbranched alkanes of at least 4 members (excludes halogenated alkanes) is 3. The van der Waals surface area contributed by atoms with E-state index in [0.717, 1.165) is 17.6 Å². The molecule has 1 nitrogen and oxygen atoms in total. The lowest BCUT2D eigenvalue weighted by Crippen LogP contribution is -2.16. The minimum Gasteiger partial charge on any atom is -0.312 e. The Bertz CT molecular complexity index is 128. The summed E-state index contributed by atoms with van der Waals surface area (Å²) < 4.78 is 1.04. The van der Waals surface area contributed by atoms with E-state index in [1.54, 1.807) is 0 Å². The third kappa shape index (κ3) is 12.5. The zero-order valence-corrected chi connectivity index (χ0v) is 10.8. The predicted molar refractivity (Wildman–Crippen MR) is 67.8 cm³/mol. The second-order valence-corrected chi connectivity index (χ2v) is 5.21. The van der Waals surface area contributed by atoms with Crippen LogP contribution in [-0.4, -0.2) is 25.1 Å². The molecule has 3 heteroatoms. The largest absolute Gasteiger partial charge is 0.312 e. The van der Waals surface area contributed by atoms with Crippen molar-refractivity contribution in [3.8, 4) is 0 Å². The molecule has 0 bridgehead atoms. The van der Waals surface area contributed by atoms with Gasteiger partial charge in [0.15, 0.2) is 0 Å². The minimum absolute atomic E-state index is 0.894. The average Bonchev–Trinajstić information content (AvgIpc) is 2.09. The quantitative estimate of drug-likeness (QED) is 0.642. The summed E-state index contributed by atoms with van der Waals surface area (Å²) in [7, 11) is 0. The van der Waals surface area contributed by atoms with Gasteiger partial charge >= 0.3 is 0 Å². The first-order chi connectivity index (χ1) is 6.27. The molecule has 0 aromatic rings. The van der Waals surface area contributed by atoms with Crippen LogP contribution in [0.1, 0.15) is 25.7 Å². The van der Waals surface area contributed by atoms with Gasteiger partial charge in [0.05, 0.1) is 0 Å². The fourth-order valence-corrected chi connectivity index (χ4v) is 1.77. The zero-order valence-electron chi connectivity index (χ0n) is 8.44. The van der Waals surface area contributed by atoms with Crippen LogP contribution in [0.2, 0.25) is 0 Å². The normalized spacial score (nSPS) is 10.3. The lowest BCUT2D eigenvalue weighted by atomic mass is 10.2. The van der Waals surface area contributed by atoms with Gasteiger partial charge in [0, 0.05) is 11.0 Å². The predicted octanol–water partition coefficient (Wildman–Crippen LogP) is 3.41. The molecule has 0 fully saturated rings. The molecule has 0 saturated carbocycles. The summed E-state index contributed by atoms with van der Waals surface area (Å²) in [6, 6.07) is 0. The van der Waals surface area contributed by atoms with E-state index in [2.05, 4.69) is 34.1 Å². The molecular formula is C10H20BrNS. The SMILES string of the molecule is C=C(Br)CNCCCCCCSC. The molecule has 0 aliphatic heterocycles. The molecule has 0 radical (unpaired) electrons. The van der Waals surface area contributed by atoms with Crippen molar-refractivity contribution in [2.75, 3.05) is 25.1 Å². The standard InChI is InChI=1S/C10H20BrNS/c1-10(11)9-12-7-5-3-4-6-8-13-2/h12H,1,3-9H2,2H3. The van der Waals surface area contributed by atoms with Gasteiger partial charge in [-0.25, -0.2) is 0 Å². The summed E-state index contributed by atoms with van der Waals surface area (Å²) in [5.41, 5.74) is 0. The van der Waals surface area contributed by atoms with Crippen LogP contribution in [-0.2, 0) is 0 Å². The van der Waals surface area contributed by atoms with Crippen molar-refractivity contribution in [2.45, 2.75) is 25.7 Å². The van der Waals surface area contributed by atoms with E-state index in [1.807, 2.05) is 11.8 Å². The maximum Gasteiger partial charge on any atom is 0.0265 e. The van der Waals surface area contributed by atoms with E-state index < -0.39 is 0 Å². The first-order valence-corrected chi connectivity index (χ1v) is 6.99. The third-order valence-electron chi connectivity index (χ3n) is 1.77. The smallest absolute Gasteiger partial charge is 0.0265 e. The molecule has 0 aliphatic rings. The highest BCUT2D eigenvalue weighted by molar-refractivity contribution is 9.11. The molecular weight excluding hydrogens is 246 g/mol. The molecule has 0 unspecified atom stereocenters. The second-order valence-electron chi connectivity index (χ2n) is 3.10. The first-order valence-electron chi connectivity index (χ1n) is 4.80. The van der Waals surface area contributed by atoms with Crippen molar-refractivity contribution < 1.29 is 0 Å². The highest BCUT2D eigenvalue weighted by Gasteiger charge is 1.90. The maximum atomic E-state index is 3.76. The molecule has 0 aliphatic carbocycles. The van der Waals surface area contributed by atoms with Crippen molar-refractivity contribution in [1.82, 2.24) is 5.32 Å². The molecule has 0 heterocycles. The van der Waals surface area contributed by atoms with Crippen LogP contribution in [0, 0.1) is 0 Å².